The van der Waals surface area contributed by atoms with Crippen LogP contribution in [0, 0.1) is 6.92 Å². The van der Waals surface area contributed by atoms with Crippen molar-refractivity contribution in [2.45, 2.75) is 13.3 Å². The highest BCUT2D eigenvalue weighted by molar-refractivity contribution is 7.05. The summed E-state index contributed by atoms with van der Waals surface area (Å²) < 4.78 is 3.94. The standard InChI is InChI=1S/C10H11N3S/c1-7-3-2-4-8(5-7)6-9-12-10(11)13-14-9/h2-5H,6H2,1H3,(H2,11,13). The molecule has 0 bridgehead atoms. The van der Waals surface area contributed by atoms with Crippen molar-refractivity contribution in [1.29, 1.82) is 0 Å². The van der Waals surface area contributed by atoms with Gasteiger partial charge in [-0.05, 0) is 24.0 Å². The van der Waals surface area contributed by atoms with Gasteiger partial charge in [0.25, 0.3) is 0 Å². The van der Waals surface area contributed by atoms with E-state index in [4.69, 9.17) is 5.73 Å². The summed E-state index contributed by atoms with van der Waals surface area (Å²) in [6.07, 6.45) is 0.816. The van der Waals surface area contributed by atoms with E-state index in [2.05, 4.69) is 40.5 Å². The molecular weight excluding hydrogens is 194 g/mol. The molecule has 2 rings (SSSR count). The fourth-order valence-corrected chi connectivity index (χ4v) is 1.94. The molecule has 72 valence electrons. The van der Waals surface area contributed by atoms with Crippen LogP contribution < -0.4 is 5.73 Å². The van der Waals surface area contributed by atoms with Gasteiger partial charge in [0.2, 0.25) is 5.95 Å². The summed E-state index contributed by atoms with van der Waals surface area (Å²) in [7, 11) is 0. The highest BCUT2D eigenvalue weighted by atomic mass is 32.1. The lowest BCUT2D eigenvalue weighted by Gasteiger charge is -1.98. The summed E-state index contributed by atoms with van der Waals surface area (Å²) in [5, 5.41) is 0.966. The van der Waals surface area contributed by atoms with Gasteiger partial charge in [-0.15, -0.1) is 0 Å². The van der Waals surface area contributed by atoms with Crippen LogP contribution in [0.2, 0.25) is 0 Å². The zero-order valence-electron chi connectivity index (χ0n) is 7.90. The maximum absolute atomic E-state index is 5.45. The zero-order chi connectivity index (χ0) is 9.97. The number of nitrogen functional groups attached to an aromatic ring is 1. The number of nitrogens with two attached hydrogens (primary N) is 1. The van der Waals surface area contributed by atoms with E-state index in [1.807, 2.05) is 0 Å². The molecule has 0 unspecified atom stereocenters. The molecule has 1 aromatic carbocycles. The predicted octanol–water partition coefficient (Wildman–Crippen LogP) is 2.02. The molecule has 0 amide bonds. The Morgan fingerprint density at radius 2 is 2.29 bits per heavy atom. The summed E-state index contributed by atoms with van der Waals surface area (Å²) in [4.78, 5) is 4.12. The van der Waals surface area contributed by atoms with Crippen LogP contribution in [-0.4, -0.2) is 9.36 Å². The van der Waals surface area contributed by atoms with E-state index in [0.29, 0.717) is 5.95 Å². The van der Waals surface area contributed by atoms with E-state index in [1.54, 1.807) is 0 Å². The largest absolute Gasteiger partial charge is 0.367 e. The number of hydrogen-bond donors (Lipinski definition) is 1. The summed E-state index contributed by atoms with van der Waals surface area (Å²) in [5.74, 6) is 0.373. The van der Waals surface area contributed by atoms with Gasteiger partial charge in [-0.2, -0.15) is 4.37 Å². The van der Waals surface area contributed by atoms with E-state index in [-0.39, 0.29) is 0 Å². The number of aromatic nitrogens is 2. The molecule has 0 saturated carbocycles. The molecule has 0 aliphatic rings. The van der Waals surface area contributed by atoms with Crippen molar-refractivity contribution >= 4 is 17.5 Å². The van der Waals surface area contributed by atoms with E-state index in [0.717, 1.165) is 11.4 Å². The maximum atomic E-state index is 5.45. The van der Waals surface area contributed by atoms with Crippen LogP contribution in [0.3, 0.4) is 0 Å². The molecule has 4 heteroatoms. The second-order valence-corrected chi connectivity index (χ2v) is 4.05. The van der Waals surface area contributed by atoms with Crippen molar-refractivity contribution in [2.75, 3.05) is 5.73 Å². The first kappa shape index (κ1) is 9.15. The minimum atomic E-state index is 0.373. The molecule has 1 aromatic heterocycles. The summed E-state index contributed by atoms with van der Waals surface area (Å²) >= 11 is 1.36. The fourth-order valence-electron chi connectivity index (χ4n) is 1.34. The van der Waals surface area contributed by atoms with Gasteiger partial charge in [0.05, 0.1) is 0 Å². The zero-order valence-corrected chi connectivity index (χ0v) is 8.71. The summed E-state index contributed by atoms with van der Waals surface area (Å²) in [6.45, 7) is 2.08. The molecule has 1 heterocycles. The van der Waals surface area contributed by atoms with Crippen LogP contribution in [0.1, 0.15) is 16.1 Å². The third-order valence-corrected chi connectivity index (χ3v) is 2.65. The molecule has 0 atom stereocenters. The Morgan fingerprint density at radius 1 is 1.43 bits per heavy atom. The Labute approximate surface area is 86.8 Å². The molecule has 2 aromatic rings. The van der Waals surface area contributed by atoms with Crippen LogP contribution in [0.4, 0.5) is 5.95 Å². The van der Waals surface area contributed by atoms with Crippen LogP contribution in [0.25, 0.3) is 0 Å². The van der Waals surface area contributed by atoms with Crippen LogP contribution in [0.5, 0.6) is 0 Å². The van der Waals surface area contributed by atoms with E-state index in [1.165, 1.54) is 22.7 Å². The van der Waals surface area contributed by atoms with Gasteiger partial charge in [-0.1, -0.05) is 29.8 Å². The van der Waals surface area contributed by atoms with Gasteiger partial charge in [-0.3, -0.25) is 0 Å². The van der Waals surface area contributed by atoms with Gasteiger partial charge in [0.1, 0.15) is 5.01 Å². The molecule has 3 nitrogen and oxygen atoms in total. The first-order valence-electron chi connectivity index (χ1n) is 4.37. The smallest absolute Gasteiger partial charge is 0.232 e. The Balaban J connectivity index is 2.18. The monoisotopic (exact) mass is 205 g/mol. The number of rotatable bonds is 2. The average Bonchev–Trinajstić information content (AvgIpc) is 2.51. The van der Waals surface area contributed by atoms with Crippen molar-refractivity contribution in [1.82, 2.24) is 9.36 Å². The minimum Gasteiger partial charge on any atom is -0.367 e. The maximum Gasteiger partial charge on any atom is 0.232 e. The minimum absolute atomic E-state index is 0.373. The van der Waals surface area contributed by atoms with Crippen LogP contribution >= 0.6 is 11.5 Å². The van der Waals surface area contributed by atoms with Gasteiger partial charge in [-0.25, -0.2) is 4.98 Å². The van der Waals surface area contributed by atoms with Crippen molar-refractivity contribution in [2.24, 2.45) is 0 Å². The molecule has 0 spiro atoms. The third kappa shape index (κ3) is 2.09. The first-order valence-corrected chi connectivity index (χ1v) is 5.15. The number of nitrogens with zero attached hydrogens (tertiary/aromatic N) is 2. The van der Waals surface area contributed by atoms with E-state index < -0.39 is 0 Å². The number of anilines is 1. The highest BCUT2D eigenvalue weighted by Gasteiger charge is 2.01. The normalized spacial score (nSPS) is 10.4. The number of hydrogen-bond acceptors (Lipinski definition) is 4. The van der Waals surface area contributed by atoms with Crippen molar-refractivity contribution in [3.8, 4) is 0 Å². The third-order valence-electron chi connectivity index (χ3n) is 1.92. The van der Waals surface area contributed by atoms with Gasteiger partial charge < -0.3 is 5.73 Å². The molecule has 14 heavy (non-hydrogen) atoms. The van der Waals surface area contributed by atoms with Gasteiger partial charge in [0, 0.05) is 6.42 Å². The topological polar surface area (TPSA) is 51.8 Å². The molecule has 0 fully saturated rings. The molecule has 0 aliphatic heterocycles. The SMILES string of the molecule is Cc1cccc(Cc2nc(N)ns2)c1. The van der Waals surface area contributed by atoms with Crippen LogP contribution in [0.15, 0.2) is 24.3 Å². The average molecular weight is 205 g/mol. The molecular formula is C10H11N3S. The number of aryl methyl sites for hydroxylation is 1. The predicted molar refractivity (Wildman–Crippen MR) is 58.3 cm³/mol. The lowest BCUT2D eigenvalue weighted by atomic mass is 10.1. The highest BCUT2D eigenvalue weighted by Crippen LogP contribution is 2.13. The Bertz CT molecular complexity index is 436. The molecule has 2 N–H and O–H groups in total. The van der Waals surface area contributed by atoms with Crippen molar-refractivity contribution < 1.29 is 0 Å². The molecule has 0 radical (unpaired) electrons. The summed E-state index contributed by atoms with van der Waals surface area (Å²) in [5.41, 5.74) is 7.97. The molecule has 0 saturated heterocycles. The van der Waals surface area contributed by atoms with Crippen LogP contribution in [-0.2, 0) is 6.42 Å². The van der Waals surface area contributed by atoms with Crippen molar-refractivity contribution in [3.05, 3.63) is 40.4 Å². The Hall–Kier alpha value is -1.42. The first-order chi connectivity index (χ1) is 6.74. The Morgan fingerprint density at radius 3 is 2.93 bits per heavy atom. The quantitative estimate of drug-likeness (QED) is 0.816. The van der Waals surface area contributed by atoms with Crippen molar-refractivity contribution in [3.63, 3.8) is 0 Å². The lowest BCUT2D eigenvalue weighted by molar-refractivity contribution is 1.13. The second-order valence-electron chi connectivity index (χ2n) is 3.21. The fraction of sp³-hybridized carbons (Fsp3) is 0.200. The Kier molecular flexibility index (Phi) is 2.45. The van der Waals surface area contributed by atoms with E-state index in [9.17, 15) is 0 Å². The van der Waals surface area contributed by atoms with E-state index >= 15 is 0 Å². The second kappa shape index (κ2) is 3.75. The number of benzene rings is 1. The molecule has 0 aliphatic carbocycles. The van der Waals surface area contributed by atoms with Gasteiger partial charge >= 0.3 is 0 Å². The summed E-state index contributed by atoms with van der Waals surface area (Å²) in [6, 6.07) is 8.37. The lowest BCUT2D eigenvalue weighted by Crippen LogP contribution is -1.90. The van der Waals surface area contributed by atoms with Gasteiger partial charge in [0.15, 0.2) is 0 Å².